The Hall–Kier alpha value is -1.66. The molecule has 0 fully saturated rings. The molecule has 0 spiro atoms. The van der Waals surface area contributed by atoms with Crippen molar-refractivity contribution in [2.45, 2.75) is 37.9 Å². The molecule has 20 heavy (non-hydrogen) atoms. The van der Waals surface area contributed by atoms with Crippen molar-refractivity contribution in [2.24, 2.45) is 0 Å². The standard InChI is InChI=1S/C14H24N2O4/c1-3-15(11-17)9-7-13(19)5-6-14(20)8-10-16(4-2)12-18/h3-4,11-14,19-20H,1-2,5-10H2. The van der Waals surface area contributed by atoms with Crippen molar-refractivity contribution >= 4 is 12.8 Å². The molecular formula is C14H24N2O4. The molecular weight excluding hydrogens is 260 g/mol. The van der Waals surface area contributed by atoms with Gasteiger partial charge < -0.3 is 20.0 Å². The van der Waals surface area contributed by atoms with Gasteiger partial charge in [0.1, 0.15) is 0 Å². The van der Waals surface area contributed by atoms with Crippen LogP contribution >= 0.6 is 0 Å². The van der Waals surface area contributed by atoms with E-state index in [9.17, 15) is 19.8 Å². The first-order chi connectivity index (χ1) is 9.57. The number of carbonyl (C=O) groups excluding carboxylic acids is 2. The van der Waals surface area contributed by atoms with E-state index >= 15 is 0 Å². The lowest BCUT2D eigenvalue weighted by atomic mass is 10.1. The van der Waals surface area contributed by atoms with Crippen molar-refractivity contribution in [3.05, 3.63) is 25.6 Å². The molecule has 0 aliphatic carbocycles. The maximum absolute atomic E-state index is 10.5. The Balaban J connectivity index is 3.79. The quantitative estimate of drug-likeness (QED) is 0.482. The van der Waals surface area contributed by atoms with Crippen LogP contribution in [0.15, 0.2) is 25.6 Å². The summed E-state index contributed by atoms with van der Waals surface area (Å²) < 4.78 is 0. The van der Waals surface area contributed by atoms with Crippen LogP contribution < -0.4 is 0 Å². The smallest absolute Gasteiger partial charge is 0.213 e. The molecule has 2 amide bonds. The summed E-state index contributed by atoms with van der Waals surface area (Å²) in [5.41, 5.74) is 0. The van der Waals surface area contributed by atoms with Gasteiger partial charge in [0.25, 0.3) is 0 Å². The largest absolute Gasteiger partial charge is 0.393 e. The van der Waals surface area contributed by atoms with Crippen molar-refractivity contribution in [3.63, 3.8) is 0 Å². The maximum atomic E-state index is 10.5. The first kappa shape index (κ1) is 18.3. The predicted octanol–water partition coefficient (Wildman–Crippen LogP) is 0.472. The van der Waals surface area contributed by atoms with Crippen LogP contribution in [0.2, 0.25) is 0 Å². The van der Waals surface area contributed by atoms with E-state index in [0.29, 0.717) is 51.6 Å². The number of amides is 2. The van der Waals surface area contributed by atoms with Crippen LogP contribution in [0.3, 0.4) is 0 Å². The van der Waals surface area contributed by atoms with Gasteiger partial charge in [0.2, 0.25) is 12.8 Å². The predicted molar refractivity (Wildman–Crippen MR) is 76.4 cm³/mol. The molecule has 2 unspecified atom stereocenters. The van der Waals surface area contributed by atoms with Crippen LogP contribution in [0.4, 0.5) is 0 Å². The van der Waals surface area contributed by atoms with Crippen molar-refractivity contribution in [2.75, 3.05) is 13.1 Å². The van der Waals surface area contributed by atoms with E-state index in [-0.39, 0.29) is 0 Å². The highest BCUT2D eigenvalue weighted by Crippen LogP contribution is 2.09. The summed E-state index contributed by atoms with van der Waals surface area (Å²) in [6.45, 7) is 7.75. The molecule has 6 heteroatoms. The molecule has 0 saturated heterocycles. The second kappa shape index (κ2) is 11.2. The first-order valence-electron chi connectivity index (χ1n) is 6.60. The highest BCUT2D eigenvalue weighted by molar-refractivity contribution is 5.48. The Morgan fingerprint density at radius 2 is 1.15 bits per heavy atom. The SMILES string of the molecule is C=CN(C=O)CCC(O)CCC(O)CCN(C=C)C=O. The minimum atomic E-state index is -0.575. The Morgan fingerprint density at radius 3 is 1.40 bits per heavy atom. The summed E-state index contributed by atoms with van der Waals surface area (Å²) in [6, 6.07) is 0. The lowest BCUT2D eigenvalue weighted by Gasteiger charge is -2.18. The molecule has 0 aliphatic rings. The number of nitrogens with zero attached hydrogens (tertiary/aromatic N) is 2. The van der Waals surface area contributed by atoms with E-state index in [1.54, 1.807) is 0 Å². The molecule has 0 heterocycles. The number of carbonyl (C=O) groups is 2. The van der Waals surface area contributed by atoms with E-state index in [1.165, 1.54) is 22.2 Å². The molecule has 2 atom stereocenters. The van der Waals surface area contributed by atoms with Gasteiger partial charge in [0.15, 0.2) is 0 Å². The lowest BCUT2D eigenvalue weighted by molar-refractivity contribution is -0.117. The molecule has 0 radical (unpaired) electrons. The molecule has 114 valence electrons. The normalized spacial score (nSPS) is 13.1. The fourth-order valence-electron chi connectivity index (χ4n) is 1.64. The van der Waals surface area contributed by atoms with Crippen LogP contribution in [-0.4, -0.2) is 58.1 Å². The van der Waals surface area contributed by atoms with Gasteiger partial charge in [-0.15, -0.1) is 0 Å². The van der Waals surface area contributed by atoms with Crippen LogP contribution in [0.25, 0.3) is 0 Å². The van der Waals surface area contributed by atoms with Crippen molar-refractivity contribution in [3.8, 4) is 0 Å². The summed E-state index contributed by atoms with van der Waals surface area (Å²) in [6.07, 6.45) is 4.71. The van der Waals surface area contributed by atoms with E-state index in [1.807, 2.05) is 0 Å². The van der Waals surface area contributed by atoms with E-state index in [4.69, 9.17) is 0 Å². The summed E-state index contributed by atoms with van der Waals surface area (Å²) in [4.78, 5) is 23.7. The van der Waals surface area contributed by atoms with Gasteiger partial charge in [-0.2, -0.15) is 0 Å². The highest BCUT2D eigenvalue weighted by atomic mass is 16.3. The molecule has 0 saturated carbocycles. The fraction of sp³-hybridized carbons (Fsp3) is 0.571. The molecule has 2 N–H and O–H groups in total. The van der Waals surface area contributed by atoms with Gasteiger partial charge in [0, 0.05) is 13.1 Å². The zero-order chi connectivity index (χ0) is 15.4. The van der Waals surface area contributed by atoms with E-state index in [0.717, 1.165) is 0 Å². The molecule has 0 aliphatic heterocycles. The Labute approximate surface area is 120 Å². The second-order valence-electron chi connectivity index (χ2n) is 4.51. The van der Waals surface area contributed by atoms with Crippen LogP contribution in [-0.2, 0) is 9.59 Å². The maximum Gasteiger partial charge on any atom is 0.213 e. The zero-order valence-corrected chi connectivity index (χ0v) is 11.7. The Bertz CT molecular complexity index is 264. The molecule has 0 aromatic heterocycles. The number of hydrogen-bond acceptors (Lipinski definition) is 4. The van der Waals surface area contributed by atoms with E-state index in [2.05, 4.69) is 13.2 Å². The van der Waals surface area contributed by atoms with Crippen molar-refractivity contribution < 1.29 is 19.8 Å². The van der Waals surface area contributed by atoms with Crippen LogP contribution in [0.1, 0.15) is 25.7 Å². The lowest BCUT2D eigenvalue weighted by Crippen LogP contribution is -2.24. The number of aliphatic hydroxyl groups excluding tert-OH is 2. The van der Waals surface area contributed by atoms with Gasteiger partial charge in [0.05, 0.1) is 12.2 Å². The zero-order valence-electron chi connectivity index (χ0n) is 11.7. The number of rotatable bonds is 13. The fourth-order valence-corrected chi connectivity index (χ4v) is 1.64. The third-order valence-electron chi connectivity index (χ3n) is 3.01. The van der Waals surface area contributed by atoms with Gasteiger partial charge >= 0.3 is 0 Å². The monoisotopic (exact) mass is 284 g/mol. The summed E-state index contributed by atoms with van der Waals surface area (Å²) >= 11 is 0. The van der Waals surface area contributed by atoms with E-state index < -0.39 is 12.2 Å². The minimum absolute atomic E-state index is 0.402. The third kappa shape index (κ3) is 8.44. The van der Waals surface area contributed by atoms with Gasteiger partial charge in [-0.1, -0.05) is 13.2 Å². The Kier molecular flexibility index (Phi) is 10.3. The molecule has 0 aromatic carbocycles. The second-order valence-corrected chi connectivity index (χ2v) is 4.51. The first-order valence-corrected chi connectivity index (χ1v) is 6.60. The summed E-state index contributed by atoms with van der Waals surface area (Å²) in [5.74, 6) is 0. The topological polar surface area (TPSA) is 81.1 Å². The average molecular weight is 284 g/mol. The summed E-state index contributed by atoms with van der Waals surface area (Å²) in [5, 5.41) is 19.5. The van der Waals surface area contributed by atoms with Crippen molar-refractivity contribution in [1.29, 1.82) is 0 Å². The molecule has 0 aromatic rings. The number of hydrogen-bond donors (Lipinski definition) is 2. The molecule has 0 bridgehead atoms. The van der Waals surface area contributed by atoms with Crippen LogP contribution in [0, 0.1) is 0 Å². The van der Waals surface area contributed by atoms with Gasteiger partial charge in [-0.3, -0.25) is 9.59 Å². The Morgan fingerprint density at radius 1 is 0.800 bits per heavy atom. The van der Waals surface area contributed by atoms with Gasteiger partial charge in [-0.05, 0) is 38.1 Å². The number of aliphatic hydroxyl groups is 2. The van der Waals surface area contributed by atoms with Crippen LogP contribution in [0.5, 0.6) is 0 Å². The minimum Gasteiger partial charge on any atom is -0.393 e. The van der Waals surface area contributed by atoms with Crippen molar-refractivity contribution in [1.82, 2.24) is 9.80 Å². The molecule has 6 nitrogen and oxygen atoms in total. The van der Waals surface area contributed by atoms with Gasteiger partial charge in [-0.25, -0.2) is 0 Å². The average Bonchev–Trinajstić information content (AvgIpc) is 2.47. The summed E-state index contributed by atoms with van der Waals surface area (Å²) in [7, 11) is 0. The molecule has 0 rings (SSSR count). The third-order valence-corrected chi connectivity index (χ3v) is 3.01. The highest BCUT2D eigenvalue weighted by Gasteiger charge is 2.11.